The van der Waals surface area contributed by atoms with Crippen LogP contribution < -0.4 is 11.1 Å². The molecule has 0 fully saturated rings. The minimum Gasteiger partial charge on any atom is -0.389 e. The quantitative estimate of drug-likeness (QED) is 0.830. The Hall–Kier alpha value is -1.40. The summed E-state index contributed by atoms with van der Waals surface area (Å²) in [6.07, 6.45) is 0. The number of halogens is 1. The molecular formula is C14H17BrN4S. The molecule has 0 aliphatic carbocycles. The Morgan fingerprint density at radius 2 is 1.85 bits per heavy atom. The van der Waals surface area contributed by atoms with E-state index in [-0.39, 0.29) is 0 Å². The second-order valence-corrected chi connectivity index (χ2v) is 6.08. The van der Waals surface area contributed by atoms with Crippen LogP contribution in [0.4, 0.5) is 11.5 Å². The van der Waals surface area contributed by atoms with Crippen LogP contribution in [0.15, 0.2) is 16.6 Å². The maximum atomic E-state index is 5.80. The van der Waals surface area contributed by atoms with Crippen molar-refractivity contribution in [1.29, 1.82) is 0 Å². The summed E-state index contributed by atoms with van der Waals surface area (Å²) < 4.78 is 2.88. The lowest BCUT2D eigenvalue weighted by molar-refractivity contribution is 0.765. The fourth-order valence-corrected chi connectivity index (χ4v) is 2.72. The van der Waals surface area contributed by atoms with Crippen LogP contribution >= 0.6 is 28.1 Å². The molecular weight excluding hydrogens is 336 g/mol. The molecule has 1 heterocycles. The zero-order valence-corrected chi connectivity index (χ0v) is 14.3. The van der Waals surface area contributed by atoms with Gasteiger partial charge in [0, 0.05) is 17.2 Å². The maximum absolute atomic E-state index is 5.80. The number of hydrogen-bond donors (Lipinski definition) is 2. The Labute approximate surface area is 132 Å². The highest BCUT2D eigenvalue weighted by molar-refractivity contribution is 9.10. The summed E-state index contributed by atoms with van der Waals surface area (Å²) in [5, 5.41) is 7.73. The summed E-state index contributed by atoms with van der Waals surface area (Å²) in [4.78, 5) is 0.351. The Morgan fingerprint density at radius 1 is 1.30 bits per heavy atom. The fourth-order valence-electron chi connectivity index (χ4n) is 2.25. The summed E-state index contributed by atoms with van der Waals surface area (Å²) in [5.41, 5.74) is 10.7. The first-order valence-corrected chi connectivity index (χ1v) is 7.38. The average Bonchev–Trinajstić information content (AvgIpc) is 2.61. The molecule has 0 saturated heterocycles. The van der Waals surface area contributed by atoms with E-state index in [1.165, 1.54) is 11.1 Å². The third-order valence-corrected chi connectivity index (χ3v) is 4.62. The van der Waals surface area contributed by atoms with E-state index >= 15 is 0 Å². The van der Waals surface area contributed by atoms with Gasteiger partial charge < -0.3 is 11.1 Å². The molecule has 4 nitrogen and oxygen atoms in total. The smallest absolute Gasteiger partial charge is 0.138 e. The van der Waals surface area contributed by atoms with Crippen LogP contribution in [-0.2, 0) is 7.05 Å². The van der Waals surface area contributed by atoms with Gasteiger partial charge in [-0.05, 0) is 44.0 Å². The van der Waals surface area contributed by atoms with Gasteiger partial charge in [0.15, 0.2) is 0 Å². The Bertz CT molecular complexity index is 668. The number of thiocarbonyl (C=S) groups is 1. The molecule has 0 spiro atoms. The van der Waals surface area contributed by atoms with E-state index in [2.05, 4.69) is 52.3 Å². The summed E-state index contributed by atoms with van der Waals surface area (Å²) in [7, 11) is 1.87. The van der Waals surface area contributed by atoms with E-state index in [0.29, 0.717) is 4.99 Å². The lowest BCUT2D eigenvalue weighted by Gasteiger charge is -2.12. The molecule has 1 aromatic heterocycles. The molecule has 0 unspecified atom stereocenters. The first-order chi connectivity index (χ1) is 9.31. The molecule has 0 bridgehead atoms. The van der Waals surface area contributed by atoms with Crippen molar-refractivity contribution in [3.05, 3.63) is 39.0 Å². The van der Waals surface area contributed by atoms with Crippen LogP contribution in [0.25, 0.3) is 0 Å². The van der Waals surface area contributed by atoms with Gasteiger partial charge in [0.05, 0.1) is 11.3 Å². The van der Waals surface area contributed by atoms with E-state index < -0.39 is 0 Å². The number of aryl methyl sites for hydroxylation is 4. The lowest BCUT2D eigenvalue weighted by Crippen LogP contribution is -2.13. The molecule has 0 aliphatic heterocycles. The number of hydrogen-bond acceptors (Lipinski definition) is 3. The highest BCUT2D eigenvalue weighted by Crippen LogP contribution is 2.28. The minimum atomic E-state index is 0.351. The standard InChI is InChI=1S/C14H17BrN4S/c1-7-5-10(6-8(2)12(7)15)17-14-11(13(16)20)9(3)18-19(14)4/h5-6,17H,1-4H3,(H2,16,20). The van der Waals surface area contributed by atoms with Gasteiger partial charge >= 0.3 is 0 Å². The predicted molar refractivity (Wildman–Crippen MR) is 90.7 cm³/mol. The minimum absolute atomic E-state index is 0.351. The highest BCUT2D eigenvalue weighted by atomic mass is 79.9. The van der Waals surface area contributed by atoms with Gasteiger partial charge in [-0.2, -0.15) is 5.10 Å². The van der Waals surface area contributed by atoms with Gasteiger partial charge in [0.1, 0.15) is 10.8 Å². The number of rotatable bonds is 3. The van der Waals surface area contributed by atoms with E-state index in [1.807, 2.05) is 14.0 Å². The van der Waals surface area contributed by atoms with Crippen molar-refractivity contribution in [2.24, 2.45) is 12.8 Å². The van der Waals surface area contributed by atoms with E-state index in [0.717, 1.165) is 27.2 Å². The van der Waals surface area contributed by atoms with Crippen LogP contribution in [0.3, 0.4) is 0 Å². The average molecular weight is 353 g/mol. The van der Waals surface area contributed by atoms with Gasteiger partial charge in [-0.15, -0.1) is 0 Å². The van der Waals surface area contributed by atoms with Gasteiger partial charge in [-0.3, -0.25) is 4.68 Å². The number of aromatic nitrogens is 2. The second kappa shape index (κ2) is 5.54. The first-order valence-electron chi connectivity index (χ1n) is 6.18. The van der Waals surface area contributed by atoms with Crippen molar-refractivity contribution in [2.45, 2.75) is 20.8 Å². The molecule has 3 N–H and O–H groups in total. The molecule has 0 aliphatic rings. The summed E-state index contributed by atoms with van der Waals surface area (Å²) in [6.45, 7) is 6.02. The molecule has 0 atom stereocenters. The van der Waals surface area contributed by atoms with Crippen molar-refractivity contribution >= 4 is 44.6 Å². The number of anilines is 2. The van der Waals surface area contributed by atoms with Crippen molar-refractivity contribution in [3.8, 4) is 0 Å². The van der Waals surface area contributed by atoms with E-state index in [9.17, 15) is 0 Å². The van der Waals surface area contributed by atoms with Crippen LogP contribution in [0.2, 0.25) is 0 Å². The predicted octanol–water partition coefficient (Wildman–Crippen LogP) is 3.49. The summed E-state index contributed by atoms with van der Waals surface area (Å²) in [5.74, 6) is 0.816. The lowest BCUT2D eigenvalue weighted by atomic mass is 10.1. The molecule has 1 aromatic carbocycles. The number of nitrogens with zero attached hydrogens (tertiary/aromatic N) is 2. The van der Waals surface area contributed by atoms with Crippen molar-refractivity contribution in [2.75, 3.05) is 5.32 Å². The molecule has 106 valence electrons. The molecule has 0 saturated carbocycles. The Balaban J connectivity index is 2.48. The van der Waals surface area contributed by atoms with E-state index in [4.69, 9.17) is 18.0 Å². The molecule has 0 radical (unpaired) electrons. The number of nitrogens with two attached hydrogens (primary N) is 1. The maximum Gasteiger partial charge on any atom is 0.138 e. The fraction of sp³-hybridized carbons (Fsp3) is 0.286. The molecule has 6 heteroatoms. The topological polar surface area (TPSA) is 55.9 Å². The van der Waals surface area contributed by atoms with E-state index in [1.54, 1.807) is 4.68 Å². The van der Waals surface area contributed by atoms with Crippen molar-refractivity contribution in [1.82, 2.24) is 9.78 Å². The highest BCUT2D eigenvalue weighted by Gasteiger charge is 2.16. The molecule has 2 aromatic rings. The Morgan fingerprint density at radius 3 is 2.35 bits per heavy atom. The zero-order chi connectivity index (χ0) is 15.0. The van der Waals surface area contributed by atoms with Crippen LogP contribution in [0.5, 0.6) is 0 Å². The normalized spacial score (nSPS) is 10.7. The third kappa shape index (κ3) is 2.71. The monoisotopic (exact) mass is 352 g/mol. The van der Waals surface area contributed by atoms with Gasteiger partial charge in [-0.25, -0.2) is 0 Å². The van der Waals surface area contributed by atoms with Gasteiger partial charge in [-0.1, -0.05) is 28.1 Å². The Kier molecular flexibility index (Phi) is 4.15. The molecule has 0 amide bonds. The van der Waals surface area contributed by atoms with Crippen molar-refractivity contribution < 1.29 is 0 Å². The number of nitrogens with one attached hydrogen (secondary N) is 1. The SMILES string of the molecule is Cc1cc(Nc2c(C(N)=S)c(C)nn2C)cc(C)c1Br. The van der Waals surface area contributed by atoms with Crippen LogP contribution in [0, 0.1) is 20.8 Å². The number of benzene rings is 1. The first kappa shape index (κ1) is 15.0. The van der Waals surface area contributed by atoms with Gasteiger partial charge in [0.2, 0.25) is 0 Å². The summed E-state index contributed by atoms with van der Waals surface area (Å²) in [6, 6.07) is 4.14. The van der Waals surface area contributed by atoms with Crippen LogP contribution in [-0.4, -0.2) is 14.8 Å². The molecule has 2 rings (SSSR count). The second-order valence-electron chi connectivity index (χ2n) is 4.85. The molecule has 20 heavy (non-hydrogen) atoms. The third-order valence-electron chi connectivity index (χ3n) is 3.17. The largest absolute Gasteiger partial charge is 0.389 e. The van der Waals surface area contributed by atoms with Gasteiger partial charge in [0.25, 0.3) is 0 Å². The summed E-state index contributed by atoms with van der Waals surface area (Å²) >= 11 is 8.68. The van der Waals surface area contributed by atoms with Crippen molar-refractivity contribution in [3.63, 3.8) is 0 Å². The van der Waals surface area contributed by atoms with Crippen LogP contribution in [0.1, 0.15) is 22.4 Å². The zero-order valence-electron chi connectivity index (χ0n) is 11.9.